The SMILES string of the molecule is CCN(Cc1ccc(OC)c(OC)c1)C(=O)Cc1c(C)nc2nc(SC)nn2c1C. The van der Waals surface area contributed by atoms with Gasteiger partial charge >= 0.3 is 0 Å². The van der Waals surface area contributed by atoms with E-state index in [1.807, 2.05) is 50.1 Å². The number of nitrogens with zero attached hydrogens (tertiary/aromatic N) is 5. The minimum Gasteiger partial charge on any atom is -0.493 e. The number of carbonyl (C=O) groups excluding carboxylic acids is 1. The number of fused-ring (bicyclic) bond motifs is 1. The molecule has 0 aliphatic heterocycles. The summed E-state index contributed by atoms with van der Waals surface area (Å²) < 4.78 is 12.4. The molecule has 0 saturated heterocycles. The van der Waals surface area contributed by atoms with Crippen LogP contribution in [0.3, 0.4) is 0 Å². The van der Waals surface area contributed by atoms with Gasteiger partial charge in [-0.3, -0.25) is 4.79 Å². The summed E-state index contributed by atoms with van der Waals surface area (Å²) in [6, 6.07) is 5.70. The number of aromatic nitrogens is 4. The second-order valence-electron chi connectivity index (χ2n) is 6.85. The van der Waals surface area contributed by atoms with Crippen molar-refractivity contribution in [2.45, 2.75) is 38.9 Å². The molecule has 8 nitrogen and oxygen atoms in total. The Morgan fingerprint density at radius 1 is 1.17 bits per heavy atom. The second kappa shape index (κ2) is 9.34. The van der Waals surface area contributed by atoms with Gasteiger partial charge in [-0.15, -0.1) is 5.10 Å². The fraction of sp³-hybridized carbons (Fsp3) is 0.429. The molecule has 0 radical (unpaired) electrons. The number of methoxy groups -OCH3 is 2. The fourth-order valence-corrected chi connectivity index (χ4v) is 3.71. The molecule has 0 N–H and O–H groups in total. The molecular weight excluding hydrogens is 402 g/mol. The molecule has 2 aromatic heterocycles. The molecule has 2 heterocycles. The van der Waals surface area contributed by atoms with Crippen LogP contribution in [0.1, 0.15) is 29.4 Å². The molecule has 9 heteroatoms. The van der Waals surface area contributed by atoms with Crippen molar-refractivity contribution in [3.05, 3.63) is 40.7 Å². The summed E-state index contributed by atoms with van der Waals surface area (Å²) in [7, 11) is 3.21. The summed E-state index contributed by atoms with van der Waals surface area (Å²) >= 11 is 1.47. The van der Waals surface area contributed by atoms with Crippen LogP contribution in [-0.4, -0.2) is 57.4 Å². The third kappa shape index (κ3) is 4.35. The van der Waals surface area contributed by atoms with Crippen LogP contribution in [0.25, 0.3) is 5.78 Å². The minimum atomic E-state index is 0.0323. The lowest BCUT2D eigenvalue weighted by Crippen LogP contribution is -2.32. The zero-order valence-corrected chi connectivity index (χ0v) is 19.0. The van der Waals surface area contributed by atoms with E-state index in [1.54, 1.807) is 18.7 Å². The number of ether oxygens (including phenoxy) is 2. The van der Waals surface area contributed by atoms with E-state index in [4.69, 9.17) is 9.47 Å². The van der Waals surface area contributed by atoms with Crippen LogP contribution in [0.5, 0.6) is 11.5 Å². The Labute approximate surface area is 180 Å². The number of hydrogen-bond acceptors (Lipinski definition) is 7. The predicted molar refractivity (Wildman–Crippen MR) is 116 cm³/mol. The summed E-state index contributed by atoms with van der Waals surface area (Å²) in [6.45, 7) is 6.92. The summed E-state index contributed by atoms with van der Waals surface area (Å²) in [5, 5.41) is 5.13. The third-order valence-electron chi connectivity index (χ3n) is 5.10. The van der Waals surface area contributed by atoms with Crippen LogP contribution < -0.4 is 9.47 Å². The Hall–Kier alpha value is -2.81. The Balaban J connectivity index is 1.83. The van der Waals surface area contributed by atoms with E-state index in [9.17, 15) is 4.79 Å². The maximum Gasteiger partial charge on any atom is 0.253 e. The number of likely N-dealkylation sites (N-methyl/N-ethyl adjacent to an activating group) is 1. The quantitative estimate of drug-likeness (QED) is 0.509. The molecule has 0 bridgehead atoms. The Morgan fingerprint density at radius 3 is 2.53 bits per heavy atom. The van der Waals surface area contributed by atoms with Crippen LogP contribution >= 0.6 is 11.8 Å². The van der Waals surface area contributed by atoms with Crippen molar-refractivity contribution < 1.29 is 14.3 Å². The van der Waals surface area contributed by atoms with Crippen LogP contribution in [0.4, 0.5) is 0 Å². The molecule has 0 aliphatic carbocycles. The Bertz CT molecular complexity index is 1070. The van der Waals surface area contributed by atoms with Crippen molar-refractivity contribution in [1.82, 2.24) is 24.5 Å². The third-order valence-corrected chi connectivity index (χ3v) is 5.63. The monoisotopic (exact) mass is 429 g/mol. The van der Waals surface area contributed by atoms with Gasteiger partial charge in [0, 0.05) is 30.0 Å². The topological polar surface area (TPSA) is 81.9 Å². The smallest absolute Gasteiger partial charge is 0.253 e. The van der Waals surface area contributed by atoms with Gasteiger partial charge in [0.1, 0.15) is 0 Å². The van der Waals surface area contributed by atoms with Crippen molar-refractivity contribution in [3.63, 3.8) is 0 Å². The van der Waals surface area contributed by atoms with Gasteiger partial charge in [0.2, 0.25) is 11.1 Å². The lowest BCUT2D eigenvalue weighted by Gasteiger charge is -2.22. The largest absolute Gasteiger partial charge is 0.493 e. The summed E-state index contributed by atoms with van der Waals surface area (Å²) in [5.74, 6) is 1.90. The minimum absolute atomic E-state index is 0.0323. The van der Waals surface area contributed by atoms with Crippen molar-refractivity contribution in [2.75, 3.05) is 27.0 Å². The highest BCUT2D eigenvalue weighted by Crippen LogP contribution is 2.28. The van der Waals surface area contributed by atoms with Gasteiger partial charge in [0.15, 0.2) is 11.5 Å². The highest BCUT2D eigenvalue weighted by molar-refractivity contribution is 7.98. The van der Waals surface area contributed by atoms with Crippen LogP contribution in [-0.2, 0) is 17.8 Å². The molecule has 0 atom stereocenters. The number of benzene rings is 1. The number of carbonyl (C=O) groups is 1. The van der Waals surface area contributed by atoms with Crippen molar-refractivity contribution in [2.24, 2.45) is 0 Å². The number of rotatable bonds is 8. The van der Waals surface area contributed by atoms with Gasteiger partial charge in [-0.1, -0.05) is 17.8 Å². The summed E-state index contributed by atoms with van der Waals surface area (Å²) in [5.41, 5.74) is 3.55. The van der Waals surface area contributed by atoms with E-state index >= 15 is 0 Å². The molecule has 0 aliphatic rings. The first kappa shape index (κ1) is 21.9. The molecule has 0 unspecified atom stereocenters. The van der Waals surface area contributed by atoms with E-state index in [1.165, 1.54) is 11.8 Å². The van der Waals surface area contributed by atoms with Crippen molar-refractivity contribution in [3.8, 4) is 11.5 Å². The van der Waals surface area contributed by atoms with Gasteiger partial charge in [0.25, 0.3) is 5.78 Å². The van der Waals surface area contributed by atoms with Crippen LogP contribution in [0, 0.1) is 13.8 Å². The van der Waals surface area contributed by atoms with E-state index in [2.05, 4.69) is 15.1 Å². The zero-order chi connectivity index (χ0) is 21.8. The Morgan fingerprint density at radius 2 is 1.90 bits per heavy atom. The molecule has 0 saturated carbocycles. The van der Waals surface area contributed by atoms with Gasteiger partial charge in [-0.05, 0) is 44.7 Å². The maximum atomic E-state index is 13.1. The molecule has 30 heavy (non-hydrogen) atoms. The first-order chi connectivity index (χ1) is 14.4. The lowest BCUT2D eigenvalue weighted by molar-refractivity contribution is -0.130. The molecule has 3 aromatic rings. The fourth-order valence-electron chi connectivity index (χ4n) is 3.37. The highest BCUT2D eigenvalue weighted by Gasteiger charge is 2.19. The predicted octanol–water partition coefficient (Wildman–Crippen LogP) is 3.07. The van der Waals surface area contributed by atoms with Gasteiger partial charge in [0.05, 0.1) is 20.6 Å². The van der Waals surface area contributed by atoms with Gasteiger partial charge < -0.3 is 14.4 Å². The van der Waals surface area contributed by atoms with E-state index in [0.29, 0.717) is 35.5 Å². The Kier molecular flexibility index (Phi) is 6.81. The number of amides is 1. The number of aryl methyl sites for hydroxylation is 2. The van der Waals surface area contributed by atoms with Crippen molar-refractivity contribution in [1.29, 1.82) is 0 Å². The summed E-state index contributed by atoms with van der Waals surface area (Å²) in [6.07, 6.45) is 2.19. The van der Waals surface area contributed by atoms with E-state index in [0.717, 1.165) is 22.5 Å². The summed E-state index contributed by atoms with van der Waals surface area (Å²) in [4.78, 5) is 23.9. The molecule has 1 aromatic carbocycles. The van der Waals surface area contributed by atoms with E-state index < -0.39 is 0 Å². The number of hydrogen-bond donors (Lipinski definition) is 0. The average Bonchev–Trinajstić information content (AvgIpc) is 3.17. The molecule has 0 fully saturated rings. The van der Waals surface area contributed by atoms with Crippen LogP contribution in [0.2, 0.25) is 0 Å². The molecule has 160 valence electrons. The van der Waals surface area contributed by atoms with Gasteiger partial charge in [-0.2, -0.15) is 4.98 Å². The highest BCUT2D eigenvalue weighted by atomic mass is 32.2. The van der Waals surface area contributed by atoms with Gasteiger partial charge in [-0.25, -0.2) is 9.50 Å². The van der Waals surface area contributed by atoms with E-state index in [-0.39, 0.29) is 12.3 Å². The normalized spacial score (nSPS) is 11.0. The maximum absolute atomic E-state index is 13.1. The van der Waals surface area contributed by atoms with Crippen LogP contribution in [0.15, 0.2) is 23.4 Å². The standard InChI is InChI=1S/C21H27N5O3S/c1-7-25(12-15-8-9-17(28-4)18(10-15)29-5)19(27)11-16-13(2)22-20-23-21(30-6)24-26(20)14(16)3/h8-10H,7,11-12H2,1-6H3. The zero-order valence-electron chi connectivity index (χ0n) is 18.2. The molecule has 1 amide bonds. The first-order valence-electron chi connectivity index (χ1n) is 9.67. The molecule has 3 rings (SSSR count). The van der Waals surface area contributed by atoms with Crippen molar-refractivity contribution >= 4 is 23.4 Å². The first-order valence-corrected chi connectivity index (χ1v) is 10.9. The second-order valence-corrected chi connectivity index (χ2v) is 7.62. The number of thioether (sulfide) groups is 1. The lowest BCUT2D eigenvalue weighted by atomic mass is 10.1. The molecule has 0 spiro atoms. The molecular formula is C21H27N5O3S. The average molecular weight is 430 g/mol.